The topological polar surface area (TPSA) is 75.7 Å². The minimum Gasteiger partial charge on any atom is -0.462 e. The van der Waals surface area contributed by atoms with E-state index < -0.39 is 17.8 Å². The maximum Gasteiger partial charge on any atom is 0.338 e. The normalized spacial score (nSPS) is 13.4. The van der Waals surface area contributed by atoms with Crippen molar-refractivity contribution in [2.45, 2.75) is 25.2 Å². The van der Waals surface area contributed by atoms with Crippen LogP contribution in [-0.4, -0.2) is 24.4 Å². The molecule has 1 N–H and O–H groups in total. The first-order valence-corrected chi connectivity index (χ1v) is 12.2. The molecule has 0 saturated heterocycles. The number of nitrogens with one attached hydrogen (secondary N) is 1. The van der Waals surface area contributed by atoms with Crippen LogP contribution in [0.25, 0.3) is 0 Å². The summed E-state index contributed by atoms with van der Waals surface area (Å²) < 4.78 is 5.15. The maximum absolute atomic E-state index is 13.5. The molecule has 0 atom stereocenters. The van der Waals surface area contributed by atoms with Crippen LogP contribution in [0.2, 0.25) is 5.02 Å². The van der Waals surface area contributed by atoms with Crippen LogP contribution in [-0.2, 0) is 14.3 Å². The van der Waals surface area contributed by atoms with Crippen LogP contribution in [0, 0.1) is 6.92 Å². The summed E-state index contributed by atoms with van der Waals surface area (Å²) in [6.45, 7) is 4.22. The Morgan fingerprint density at radius 3 is 2.23 bits per heavy atom. The van der Waals surface area contributed by atoms with Crippen LogP contribution in [0.5, 0.6) is 0 Å². The molecule has 0 radical (unpaired) electrons. The first kappa shape index (κ1) is 24.6. The smallest absolute Gasteiger partial charge is 0.338 e. The molecule has 0 unspecified atom stereocenters. The van der Waals surface area contributed by atoms with Crippen LogP contribution >= 0.6 is 23.4 Å². The predicted octanol–water partition coefficient (Wildman–Crippen LogP) is 6.20. The molecule has 6 nitrogen and oxygen atoms in total. The number of esters is 1. The van der Waals surface area contributed by atoms with Gasteiger partial charge in [-0.05, 0) is 74.0 Å². The van der Waals surface area contributed by atoms with Crippen LogP contribution < -0.4 is 10.2 Å². The lowest BCUT2D eigenvalue weighted by Crippen LogP contribution is -2.32. The van der Waals surface area contributed by atoms with Crippen molar-refractivity contribution in [3.8, 4) is 0 Å². The number of ether oxygens (including phenoxy) is 1. The number of rotatable bonds is 8. The molecule has 0 aliphatic carbocycles. The second kappa shape index (κ2) is 10.8. The highest BCUT2D eigenvalue weighted by atomic mass is 35.5. The Labute approximate surface area is 212 Å². The Balaban J connectivity index is 1.65. The number of carbonyl (C=O) groups is 3. The van der Waals surface area contributed by atoms with Crippen molar-refractivity contribution in [3.63, 3.8) is 0 Å². The van der Waals surface area contributed by atoms with Crippen molar-refractivity contribution in [1.82, 2.24) is 0 Å². The Morgan fingerprint density at radius 1 is 0.943 bits per heavy atom. The minimum atomic E-state index is -0.485. The summed E-state index contributed by atoms with van der Waals surface area (Å²) in [5.41, 5.74) is 2.61. The zero-order valence-corrected chi connectivity index (χ0v) is 20.8. The Bertz CT molecular complexity index is 1220. The number of carbonyl (C=O) groups excluding carboxylic acids is 3. The number of aryl methyl sites for hydroxylation is 1. The van der Waals surface area contributed by atoms with Crippen molar-refractivity contribution < 1.29 is 19.1 Å². The van der Waals surface area contributed by atoms with Crippen LogP contribution in [0.1, 0.15) is 29.3 Å². The summed E-state index contributed by atoms with van der Waals surface area (Å²) in [4.78, 5) is 41.3. The highest BCUT2D eigenvalue weighted by Gasteiger charge is 2.40. The van der Waals surface area contributed by atoms with Gasteiger partial charge in [0.05, 0.1) is 17.9 Å². The summed E-state index contributed by atoms with van der Waals surface area (Å²) in [6.07, 6.45) is 0.719. The molecule has 1 heterocycles. The lowest BCUT2D eigenvalue weighted by atomic mass is 10.2. The lowest BCUT2D eigenvalue weighted by Gasteiger charge is -2.16. The van der Waals surface area contributed by atoms with E-state index in [-0.39, 0.29) is 10.6 Å². The minimum absolute atomic E-state index is 0.175. The fourth-order valence-electron chi connectivity index (χ4n) is 3.38. The molecule has 0 aromatic heterocycles. The molecule has 2 amide bonds. The lowest BCUT2D eigenvalue weighted by molar-refractivity contribution is -0.120. The highest BCUT2D eigenvalue weighted by molar-refractivity contribution is 8.04. The largest absolute Gasteiger partial charge is 0.462 e. The molecule has 178 valence electrons. The average molecular weight is 507 g/mol. The fourth-order valence-corrected chi connectivity index (χ4v) is 4.43. The maximum atomic E-state index is 13.5. The van der Waals surface area contributed by atoms with Gasteiger partial charge in [-0.1, -0.05) is 48.0 Å². The van der Waals surface area contributed by atoms with E-state index in [1.807, 2.05) is 38.1 Å². The van der Waals surface area contributed by atoms with E-state index >= 15 is 0 Å². The van der Waals surface area contributed by atoms with E-state index in [1.54, 1.807) is 48.5 Å². The molecule has 0 bridgehead atoms. The van der Waals surface area contributed by atoms with Gasteiger partial charge in [-0.25, -0.2) is 9.69 Å². The number of hydrogen-bond donors (Lipinski definition) is 1. The number of amides is 2. The monoisotopic (exact) mass is 506 g/mol. The zero-order chi connectivity index (χ0) is 24.9. The van der Waals surface area contributed by atoms with Crippen molar-refractivity contribution in [1.29, 1.82) is 0 Å². The number of anilines is 2. The number of hydrogen-bond acceptors (Lipinski definition) is 6. The van der Waals surface area contributed by atoms with E-state index in [2.05, 4.69) is 5.32 Å². The number of halogens is 1. The van der Waals surface area contributed by atoms with Gasteiger partial charge in [0.2, 0.25) is 0 Å². The zero-order valence-electron chi connectivity index (χ0n) is 19.2. The number of nitrogens with zero attached hydrogens (tertiary/aromatic N) is 1. The molecular formula is C27H23ClN2O4S. The molecule has 0 saturated carbocycles. The van der Waals surface area contributed by atoms with Crippen molar-refractivity contribution >= 4 is 52.5 Å². The number of thioether (sulfide) groups is 1. The van der Waals surface area contributed by atoms with Crippen LogP contribution in [0.15, 0.2) is 88.3 Å². The van der Waals surface area contributed by atoms with E-state index in [1.165, 1.54) is 11.8 Å². The summed E-state index contributed by atoms with van der Waals surface area (Å²) >= 11 is 7.21. The quantitative estimate of drug-likeness (QED) is 0.289. The number of benzene rings is 3. The van der Waals surface area contributed by atoms with Gasteiger partial charge in [-0.3, -0.25) is 9.59 Å². The summed E-state index contributed by atoms with van der Waals surface area (Å²) in [5, 5.41) is 3.66. The van der Waals surface area contributed by atoms with Gasteiger partial charge in [0.1, 0.15) is 10.6 Å². The molecule has 4 rings (SSSR count). The van der Waals surface area contributed by atoms with Gasteiger partial charge in [0.15, 0.2) is 0 Å². The Hall–Kier alpha value is -3.55. The van der Waals surface area contributed by atoms with E-state index in [9.17, 15) is 14.4 Å². The molecular weight excluding hydrogens is 484 g/mol. The first-order chi connectivity index (χ1) is 16.9. The second-order valence-electron chi connectivity index (χ2n) is 7.88. The van der Waals surface area contributed by atoms with E-state index in [0.29, 0.717) is 28.6 Å². The van der Waals surface area contributed by atoms with Gasteiger partial charge >= 0.3 is 5.97 Å². The van der Waals surface area contributed by atoms with Crippen LogP contribution in [0.3, 0.4) is 0 Å². The first-order valence-electron chi connectivity index (χ1n) is 11.0. The van der Waals surface area contributed by atoms with Gasteiger partial charge in [0, 0.05) is 15.6 Å². The fraction of sp³-hybridized carbons (Fsp3) is 0.148. The highest BCUT2D eigenvalue weighted by Crippen LogP contribution is 2.38. The van der Waals surface area contributed by atoms with Crippen molar-refractivity contribution in [3.05, 3.63) is 99.5 Å². The molecule has 1 aliphatic rings. The molecule has 0 fully saturated rings. The predicted molar refractivity (Wildman–Crippen MR) is 139 cm³/mol. The van der Waals surface area contributed by atoms with Gasteiger partial charge in [-0.15, -0.1) is 0 Å². The Morgan fingerprint density at radius 2 is 1.60 bits per heavy atom. The summed E-state index contributed by atoms with van der Waals surface area (Å²) in [6, 6.07) is 20.8. The molecule has 35 heavy (non-hydrogen) atoms. The van der Waals surface area contributed by atoms with Gasteiger partial charge in [-0.2, -0.15) is 0 Å². The third-order valence-electron chi connectivity index (χ3n) is 5.19. The Kier molecular flexibility index (Phi) is 7.58. The molecule has 3 aromatic carbocycles. The van der Waals surface area contributed by atoms with Gasteiger partial charge < -0.3 is 10.1 Å². The molecule has 1 aliphatic heterocycles. The molecule has 3 aromatic rings. The summed E-state index contributed by atoms with van der Waals surface area (Å²) in [5.74, 6) is -1.38. The number of imide groups is 1. The SMILES string of the molecule is CCCOC(=O)c1ccc(N2C(=O)C(Nc3ccc(Cl)cc3)=C(Sc3ccc(C)cc3)C2=O)cc1. The third-order valence-corrected chi connectivity index (χ3v) is 6.54. The van der Waals surface area contributed by atoms with Crippen molar-refractivity contribution in [2.75, 3.05) is 16.8 Å². The second-order valence-corrected chi connectivity index (χ2v) is 9.40. The molecule has 8 heteroatoms. The average Bonchev–Trinajstić information content (AvgIpc) is 3.09. The summed E-state index contributed by atoms with van der Waals surface area (Å²) in [7, 11) is 0. The molecule has 0 spiro atoms. The van der Waals surface area contributed by atoms with Crippen LogP contribution in [0.4, 0.5) is 11.4 Å². The van der Waals surface area contributed by atoms with E-state index in [4.69, 9.17) is 16.3 Å². The third kappa shape index (κ3) is 5.58. The van der Waals surface area contributed by atoms with Gasteiger partial charge in [0.25, 0.3) is 11.8 Å². The standard InChI is InChI=1S/C27H23ClN2O4S/c1-3-16-34-27(33)18-6-12-21(13-7-18)30-25(31)23(29-20-10-8-19(28)9-11-20)24(26(30)32)35-22-14-4-17(2)5-15-22/h4-15,29H,3,16H2,1-2H3. The van der Waals surface area contributed by atoms with E-state index in [0.717, 1.165) is 21.8 Å². The van der Waals surface area contributed by atoms with Crippen molar-refractivity contribution in [2.24, 2.45) is 0 Å².